The molecule has 0 fully saturated rings. The van der Waals surface area contributed by atoms with Crippen LogP contribution in [0, 0.1) is 5.82 Å². The average Bonchev–Trinajstić information content (AvgIpc) is 2.84. The summed E-state index contributed by atoms with van der Waals surface area (Å²) in [6.07, 6.45) is 1.29. The highest BCUT2D eigenvalue weighted by Gasteiger charge is 2.23. The van der Waals surface area contributed by atoms with E-state index in [1.807, 2.05) is 6.92 Å². The van der Waals surface area contributed by atoms with Crippen LogP contribution in [0.25, 0.3) is 0 Å². The summed E-state index contributed by atoms with van der Waals surface area (Å²) in [5.74, 6) is 0.00313. The first-order valence-corrected chi connectivity index (χ1v) is 6.41. The maximum atomic E-state index is 13.4. The summed E-state index contributed by atoms with van der Waals surface area (Å²) < 4.78 is 20.2. The molecule has 3 N–H and O–H groups in total. The van der Waals surface area contributed by atoms with E-state index in [0.29, 0.717) is 29.2 Å². The van der Waals surface area contributed by atoms with Gasteiger partial charge in [-0.15, -0.1) is 0 Å². The van der Waals surface area contributed by atoms with Crippen LogP contribution in [0.5, 0.6) is 5.75 Å². The quantitative estimate of drug-likeness (QED) is 0.822. The zero-order chi connectivity index (χ0) is 14.7. The third-order valence-electron chi connectivity index (χ3n) is 3.10. The van der Waals surface area contributed by atoms with E-state index >= 15 is 0 Å². The molecule has 1 atom stereocenters. The summed E-state index contributed by atoms with van der Waals surface area (Å²) in [4.78, 5) is 0. The Balaban J connectivity index is 2.48. The number of halogens is 1. The van der Waals surface area contributed by atoms with Gasteiger partial charge in [0.2, 0.25) is 0 Å². The molecule has 108 valence electrons. The highest BCUT2D eigenvalue weighted by molar-refractivity contribution is 5.51. The third-order valence-corrected chi connectivity index (χ3v) is 3.10. The summed E-state index contributed by atoms with van der Waals surface area (Å²) in [6.45, 7) is 2.63. The van der Waals surface area contributed by atoms with Crippen molar-refractivity contribution in [1.29, 1.82) is 0 Å². The highest BCUT2D eigenvalue weighted by Crippen LogP contribution is 2.33. The molecule has 2 rings (SSSR count). The Kier molecular flexibility index (Phi) is 4.24. The van der Waals surface area contributed by atoms with E-state index < -0.39 is 11.9 Å². The molecule has 1 aromatic heterocycles. The lowest BCUT2D eigenvalue weighted by Crippen LogP contribution is -2.12. The predicted molar refractivity (Wildman–Crippen MR) is 73.9 cm³/mol. The molecule has 0 spiro atoms. The second-order valence-corrected chi connectivity index (χ2v) is 4.50. The number of benzene rings is 1. The molecule has 6 heteroatoms. The van der Waals surface area contributed by atoms with Crippen molar-refractivity contribution in [3.63, 3.8) is 0 Å². The Morgan fingerprint density at radius 2 is 2.25 bits per heavy atom. The van der Waals surface area contributed by atoms with Crippen molar-refractivity contribution in [1.82, 2.24) is 9.78 Å². The average molecular weight is 279 g/mol. The maximum absolute atomic E-state index is 13.4. The van der Waals surface area contributed by atoms with Crippen LogP contribution in [0.1, 0.15) is 30.7 Å². The lowest BCUT2D eigenvalue weighted by Gasteiger charge is -2.16. The van der Waals surface area contributed by atoms with Gasteiger partial charge in [0.25, 0.3) is 0 Å². The SMILES string of the molecule is CCCn1ncc(OC)c1C(O)c1cc(F)ccc1N. The Labute approximate surface area is 116 Å². The summed E-state index contributed by atoms with van der Waals surface area (Å²) in [5.41, 5.74) is 6.92. The molecule has 0 radical (unpaired) electrons. The fourth-order valence-corrected chi connectivity index (χ4v) is 2.13. The van der Waals surface area contributed by atoms with E-state index in [4.69, 9.17) is 10.5 Å². The first kappa shape index (κ1) is 14.3. The van der Waals surface area contributed by atoms with Gasteiger partial charge in [0.15, 0.2) is 5.75 Å². The zero-order valence-electron chi connectivity index (χ0n) is 11.5. The van der Waals surface area contributed by atoms with E-state index in [9.17, 15) is 9.50 Å². The number of nitrogen functional groups attached to an aromatic ring is 1. The number of rotatable bonds is 5. The number of aryl methyl sites for hydroxylation is 1. The smallest absolute Gasteiger partial charge is 0.163 e. The van der Waals surface area contributed by atoms with Crippen LogP contribution in [0.2, 0.25) is 0 Å². The van der Waals surface area contributed by atoms with Crippen molar-refractivity contribution in [2.75, 3.05) is 12.8 Å². The van der Waals surface area contributed by atoms with Crippen LogP contribution in [0.15, 0.2) is 24.4 Å². The van der Waals surface area contributed by atoms with Crippen LogP contribution in [-0.4, -0.2) is 22.0 Å². The van der Waals surface area contributed by atoms with Crippen LogP contribution in [0.4, 0.5) is 10.1 Å². The van der Waals surface area contributed by atoms with Gasteiger partial charge in [-0.25, -0.2) is 4.39 Å². The van der Waals surface area contributed by atoms with E-state index in [0.717, 1.165) is 6.42 Å². The number of hydrogen-bond donors (Lipinski definition) is 2. The lowest BCUT2D eigenvalue weighted by atomic mass is 10.0. The number of nitrogens with two attached hydrogens (primary N) is 1. The van der Waals surface area contributed by atoms with Crippen LogP contribution in [-0.2, 0) is 6.54 Å². The normalized spacial score (nSPS) is 12.4. The molecule has 1 aromatic carbocycles. The fraction of sp³-hybridized carbons (Fsp3) is 0.357. The molecule has 0 aliphatic rings. The van der Waals surface area contributed by atoms with E-state index in [1.165, 1.54) is 31.5 Å². The van der Waals surface area contributed by atoms with Crippen LogP contribution >= 0.6 is 0 Å². The predicted octanol–water partition coefficient (Wildman–Crippen LogP) is 2.10. The van der Waals surface area contributed by atoms with Gasteiger partial charge in [-0.2, -0.15) is 5.10 Å². The number of hydrogen-bond acceptors (Lipinski definition) is 4. The van der Waals surface area contributed by atoms with Crippen molar-refractivity contribution < 1.29 is 14.2 Å². The highest BCUT2D eigenvalue weighted by atomic mass is 19.1. The summed E-state index contributed by atoms with van der Waals surface area (Å²) in [5, 5.41) is 14.7. The molecule has 0 saturated heterocycles. The van der Waals surface area contributed by atoms with E-state index in [1.54, 1.807) is 4.68 Å². The van der Waals surface area contributed by atoms with Gasteiger partial charge in [-0.05, 0) is 24.6 Å². The Morgan fingerprint density at radius 3 is 2.90 bits per heavy atom. The van der Waals surface area contributed by atoms with Crippen molar-refractivity contribution in [3.8, 4) is 5.75 Å². The monoisotopic (exact) mass is 279 g/mol. The molecule has 0 aliphatic carbocycles. The summed E-state index contributed by atoms with van der Waals surface area (Å²) in [7, 11) is 1.50. The number of aromatic nitrogens is 2. The fourth-order valence-electron chi connectivity index (χ4n) is 2.13. The largest absolute Gasteiger partial charge is 0.493 e. The molecule has 20 heavy (non-hydrogen) atoms. The second-order valence-electron chi connectivity index (χ2n) is 4.50. The van der Waals surface area contributed by atoms with Gasteiger partial charge < -0.3 is 15.6 Å². The topological polar surface area (TPSA) is 73.3 Å². The van der Waals surface area contributed by atoms with Crippen molar-refractivity contribution in [3.05, 3.63) is 41.5 Å². The van der Waals surface area contributed by atoms with E-state index in [-0.39, 0.29) is 0 Å². The molecule has 1 unspecified atom stereocenters. The Bertz CT molecular complexity index is 598. The standard InChI is InChI=1S/C14H18FN3O2/c1-3-6-18-13(12(20-2)8-17-18)14(19)10-7-9(15)4-5-11(10)16/h4-5,7-8,14,19H,3,6,16H2,1-2H3. The molecule has 0 aliphatic heterocycles. The van der Waals surface area contributed by atoms with Gasteiger partial charge in [-0.1, -0.05) is 6.92 Å². The van der Waals surface area contributed by atoms with Crippen molar-refractivity contribution in [2.45, 2.75) is 26.0 Å². The molecule has 0 amide bonds. The molecule has 0 bridgehead atoms. The summed E-state index contributed by atoms with van der Waals surface area (Å²) >= 11 is 0. The molecule has 2 aromatic rings. The van der Waals surface area contributed by atoms with Gasteiger partial charge in [-0.3, -0.25) is 4.68 Å². The van der Waals surface area contributed by atoms with E-state index in [2.05, 4.69) is 5.10 Å². The number of aliphatic hydroxyl groups is 1. The number of methoxy groups -OCH3 is 1. The van der Waals surface area contributed by atoms with Crippen molar-refractivity contribution >= 4 is 5.69 Å². The lowest BCUT2D eigenvalue weighted by molar-refractivity contribution is 0.202. The van der Waals surface area contributed by atoms with Gasteiger partial charge in [0, 0.05) is 17.8 Å². The first-order chi connectivity index (χ1) is 9.58. The first-order valence-electron chi connectivity index (χ1n) is 6.41. The van der Waals surface area contributed by atoms with Gasteiger partial charge in [0.1, 0.15) is 17.6 Å². The molecule has 1 heterocycles. The van der Waals surface area contributed by atoms with Gasteiger partial charge in [0.05, 0.1) is 13.3 Å². The Hall–Kier alpha value is -2.08. The zero-order valence-corrected chi connectivity index (χ0v) is 11.5. The number of ether oxygens (including phenoxy) is 1. The minimum absolute atomic E-state index is 0.307. The molecular weight excluding hydrogens is 261 g/mol. The third kappa shape index (κ3) is 2.60. The number of aliphatic hydroxyl groups excluding tert-OH is 1. The minimum atomic E-state index is -1.09. The second kappa shape index (κ2) is 5.92. The van der Waals surface area contributed by atoms with Crippen LogP contribution in [0.3, 0.4) is 0 Å². The maximum Gasteiger partial charge on any atom is 0.163 e. The van der Waals surface area contributed by atoms with Crippen LogP contribution < -0.4 is 10.5 Å². The van der Waals surface area contributed by atoms with Crippen molar-refractivity contribution in [2.24, 2.45) is 0 Å². The number of nitrogens with zero attached hydrogens (tertiary/aromatic N) is 2. The molecule has 5 nitrogen and oxygen atoms in total. The summed E-state index contributed by atoms with van der Waals surface area (Å²) in [6, 6.07) is 3.91. The number of anilines is 1. The minimum Gasteiger partial charge on any atom is -0.493 e. The molecule has 0 saturated carbocycles. The van der Waals surface area contributed by atoms with Gasteiger partial charge >= 0.3 is 0 Å². The molecular formula is C14H18FN3O2. The Morgan fingerprint density at radius 1 is 1.50 bits per heavy atom.